The number of halogens is 3. The van der Waals surface area contributed by atoms with E-state index in [0.717, 1.165) is 30.0 Å². The molecule has 5 N–H and O–H groups in total. The summed E-state index contributed by atoms with van der Waals surface area (Å²) in [7, 11) is 0. The van der Waals surface area contributed by atoms with E-state index in [1.165, 1.54) is 0 Å². The number of aliphatic hydroxyl groups is 1. The highest BCUT2D eigenvalue weighted by Gasteiger charge is 2.56. The fraction of sp³-hybridized carbons (Fsp3) is 0.425. The average Bonchev–Trinajstić information content (AvgIpc) is 3.86. The SMILES string of the molecule is Cc1cccc(OC(C(N)=O)[C@]23CC(c4ccc(CCCOc5c(F)ccc(F)c5F)cc4)=C(C(=O)OC4CC4)[C@@H](CN(C(=O)C4C[C@@H](O)CN4)C2)N3)c1. The number of aryl methyl sites for hydroxylation is 2. The molecule has 2 bridgehead atoms. The van der Waals surface area contributed by atoms with Gasteiger partial charge in [0.1, 0.15) is 11.9 Å². The van der Waals surface area contributed by atoms with Crippen molar-refractivity contribution in [2.24, 2.45) is 5.73 Å². The van der Waals surface area contributed by atoms with Gasteiger partial charge in [0.05, 0.1) is 35.9 Å². The predicted molar refractivity (Wildman–Crippen MR) is 191 cm³/mol. The van der Waals surface area contributed by atoms with E-state index >= 15 is 0 Å². The van der Waals surface area contributed by atoms with Crippen LogP contribution in [0.3, 0.4) is 0 Å². The number of benzene rings is 3. The zero-order valence-electron chi connectivity index (χ0n) is 29.8. The summed E-state index contributed by atoms with van der Waals surface area (Å²) in [6.07, 6.45) is 0.492. The first-order valence-corrected chi connectivity index (χ1v) is 18.2. The minimum absolute atomic E-state index is 0.0229. The van der Waals surface area contributed by atoms with Gasteiger partial charge in [0.2, 0.25) is 11.7 Å². The number of amides is 2. The van der Waals surface area contributed by atoms with E-state index in [9.17, 15) is 32.7 Å². The number of carbonyl (C=O) groups is 3. The fourth-order valence-electron chi connectivity index (χ4n) is 7.66. The molecule has 54 heavy (non-hydrogen) atoms. The van der Waals surface area contributed by atoms with Gasteiger partial charge in [-0.3, -0.25) is 14.9 Å². The molecule has 14 heteroatoms. The highest BCUT2D eigenvalue weighted by molar-refractivity contribution is 6.01. The van der Waals surface area contributed by atoms with Crippen LogP contribution in [0, 0.1) is 24.4 Å². The number of nitrogens with two attached hydrogens (primary N) is 1. The Morgan fingerprint density at radius 3 is 2.50 bits per heavy atom. The molecule has 0 spiro atoms. The predicted octanol–water partition coefficient (Wildman–Crippen LogP) is 3.48. The monoisotopic (exact) mass is 748 g/mol. The third kappa shape index (κ3) is 7.96. The van der Waals surface area contributed by atoms with Crippen LogP contribution in [0.1, 0.15) is 48.8 Å². The summed E-state index contributed by atoms with van der Waals surface area (Å²) in [4.78, 5) is 43.0. The fourth-order valence-corrected chi connectivity index (χ4v) is 7.66. The van der Waals surface area contributed by atoms with Gasteiger partial charge in [0.25, 0.3) is 5.91 Å². The van der Waals surface area contributed by atoms with Gasteiger partial charge in [0, 0.05) is 19.6 Å². The number of ether oxygens (including phenoxy) is 3. The van der Waals surface area contributed by atoms with Gasteiger partial charge in [-0.1, -0.05) is 36.4 Å². The summed E-state index contributed by atoms with van der Waals surface area (Å²) in [6, 6.07) is 14.7. The Morgan fingerprint density at radius 1 is 1.06 bits per heavy atom. The molecule has 0 radical (unpaired) electrons. The van der Waals surface area contributed by atoms with Crippen LogP contribution in [0.25, 0.3) is 5.57 Å². The first kappa shape index (κ1) is 37.4. The average molecular weight is 749 g/mol. The van der Waals surface area contributed by atoms with Crippen LogP contribution >= 0.6 is 0 Å². The van der Waals surface area contributed by atoms with Crippen molar-refractivity contribution in [3.8, 4) is 11.5 Å². The van der Waals surface area contributed by atoms with Gasteiger partial charge in [-0.15, -0.1) is 0 Å². The number of primary amides is 1. The van der Waals surface area contributed by atoms with E-state index in [-0.39, 0.29) is 51.1 Å². The minimum atomic E-state index is -1.38. The van der Waals surface area contributed by atoms with Crippen molar-refractivity contribution in [1.29, 1.82) is 0 Å². The highest BCUT2D eigenvalue weighted by atomic mass is 19.2. The van der Waals surface area contributed by atoms with Crippen LogP contribution in [0.2, 0.25) is 0 Å². The molecule has 3 heterocycles. The second-order valence-electron chi connectivity index (χ2n) is 14.6. The van der Waals surface area contributed by atoms with Gasteiger partial charge in [-0.25, -0.2) is 13.6 Å². The van der Waals surface area contributed by atoms with Crippen LogP contribution in [0.15, 0.2) is 66.2 Å². The van der Waals surface area contributed by atoms with Crippen molar-refractivity contribution in [1.82, 2.24) is 15.5 Å². The summed E-state index contributed by atoms with van der Waals surface area (Å²) >= 11 is 0. The second kappa shape index (κ2) is 15.4. The first-order valence-electron chi connectivity index (χ1n) is 18.2. The molecule has 1 aliphatic carbocycles. The van der Waals surface area contributed by atoms with Crippen molar-refractivity contribution in [2.75, 3.05) is 26.2 Å². The van der Waals surface area contributed by atoms with Crippen LogP contribution < -0.4 is 25.8 Å². The molecule has 7 rings (SSSR count). The molecule has 1 saturated carbocycles. The van der Waals surface area contributed by atoms with E-state index in [1.54, 1.807) is 23.1 Å². The summed E-state index contributed by atoms with van der Waals surface area (Å²) in [5.74, 6) is -5.46. The molecule has 286 valence electrons. The molecule has 3 fully saturated rings. The zero-order chi connectivity index (χ0) is 38.1. The Morgan fingerprint density at radius 2 is 1.81 bits per heavy atom. The van der Waals surface area contributed by atoms with Crippen LogP contribution in [-0.2, 0) is 25.5 Å². The maximum absolute atomic E-state index is 14.0. The smallest absolute Gasteiger partial charge is 0.336 e. The van der Waals surface area contributed by atoms with Crippen molar-refractivity contribution < 1.29 is 46.9 Å². The molecule has 2 amide bonds. The summed E-state index contributed by atoms with van der Waals surface area (Å²) in [5.41, 5.74) is 8.26. The van der Waals surface area contributed by atoms with Crippen LogP contribution in [0.4, 0.5) is 13.2 Å². The Balaban J connectivity index is 1.20. The summed E-state index contributed by atoms with van der Waals surface area (Å²) < 4.78 is 59.1. The normalized spacial score (nSPS) is 24.2. The van der Waals surface area contributed by atoms with Gasteiger partial charge < -0.3 is 35.3 Å². The standard InChI is InChI=1S/C40H43F3N4O7/c1-22-4-2-6-27(16-22)53-36(37(44)49)40-18-28(24-9-7-23(8-10-24)5-3-15-52-35-30(42)14-13-29(41)34(35)43)33(39(51)54-26-11-12-26)32(46-40)20-47(21-40)38(50)31-17-25(48)19-45-31/h2,4,6-10,13-14,16,25-26,31-32,36,45-46,48H,3,5,11-12,15,17-21H2,1H3,(H2,44,49)/t25-,31?,32-,36?,40+/m1/s1. The third-order valence-corrected chi connectivity index (χ3v) is 10.4. The molecule has 4 aliphatic rings. The van der Waals surface area contributed by atoms with E-state index in [0.29, 0.717) is 41.4 Å². The number of aliphatic hydroxyl groups excluding tert-OH is 1. The zero-order valence-corrected chi connectivity index (χ0v) is 29.8. The van der Waals surface area contributed by atoms with E-state index in [1.807, 2.05) is 37.3 Å². The molecule has 2 unspecified atom stereocenters. The van der Waals surface area contributed by atoms with Crippen molar-refractivity contribution >= 4 is 23.4 Å². The lowest BCUT2D eigenvalue weighted by molar-refractivity contribution is -0.145. The van der Waals surface area contributed by atoms with Crippen molar-refractivity contribution in [2.45, 2.75) is 81.4 Å². The number of β-amino-alcohol motifs (C(OH)–C–C–N with tert-alkyl or cyclic N) is 1. The highest BCUT2D eigenvalue weighted by Crippen LogP contribution is 2.42. The number of hydrogen-bond donors (Lipinski definition) is 4. The topological polar surface area (TPSA) is 152 Å². The molecule has 3 aromatic carbocycles. The number of fused-ring (bicyclic) bond motifs is 2. The number of rotatable bonds is 13. The number of carbonyl (C=O) groups excluding carboxylic acids is 3. The van der Waals surface area contributed by atoms with Crippen LogP contribution in [-0.4, -0.2) is 90.0 Å². The molecule has 3 aliphatic heterocycles. The Hall–Kier alpha value is -4.92. The molecule has 2 saturated heterocycles. The lowest BCUT2D eigenvalue weighted by Crippen LogP contribution is -2.76. The van der Waals surface area contributed by atoms with Gasteiger partial charge in [0.15, 0.2) is 23.5 Å². The largest absolute Gasteiger partial charge is 0.488 e. The van der Waals surface area contributed by atoms with E-state index in [4.69, 9.17) is 19.9 Å². The lowest BCUT2D eigenvalue weighted by Gasteiger charge is -2.53. The molecule has 5 atom stereocenters. The van der Waals surface area contributed by atoms with Gasteiger partial charge >= 0.3 is 5.97 Å². The quantitative estimate of drug-likeness (QED) is 0.117. The minimum Gasteiger partial charge on any atom is -0.488 e. The summed E-state index contributed by atoms with van der Waals surface area (Å²) in [6.45, 7) is 2.22. The molecular formula is C40H43F3N4O7. The van der Waals surface area contributed by atoms with E-state index in [2.05, 4.69) is 10.6 Å². The van der Waals surface area contributed by atoms with Gasteiger partial charge in [-0.2, -0.15) is 4.39 Å². The third-order valence-electron chi connectivity index (χ3n) is 10.4. The van der Waals surface area contributed by atoms with Crippen molar-refractivity contribution in [3.05, 3.63) is 100 Å². The molecule has 3 aromatic rings. The van der Waals surface area contributed by atoms with Crippen molar-refractivity contribution in [3.63, 3.8) is 0 Å². The maximum Gasteiger partial charge on any atom is 0.336 e. The Kier molecular flexibility index (Phi) is 10.7. The molecule has 11 nitrogen and oxygen atoms in total. The number of hydrogen-bond acceptors (Lipinski definition) is 9. The molecule has 0 aromatic heterocycles. The Labute approximate surface area is 310 Å². The van der Waals surface area contributed by atoms with Gasteiger partial charge in [-0.05, 0) is 92.0 Å². The second-order valence-corrected chi connectivity index (χ2v) is 14.6. The number of esters is 1. The first-order chi connectivity index (χ1) is 25.9. The molecular weight excluding hydrogens is 705 g/mol. The van der Waals surface area contributed by atoms with E-state index < -0.39 is 64.9 Å². The lowest BCUT2D eigenvalue weighted by atomic mass is 9.72. The van der Waals surface area contributed by atoms with Crippen LogP contribution in [0.5, 0.6) is 11.5 Å². The number of piperazine rings is 1. The maximum atomic E-state index is 14.0. The summed E-state index contributed by atoms with van der Waals surface area (Å²) in [5, 5.41) is 16.8. The Bertz CT molecular complexity index is 1960. The number of nitrogens with one attached hydrogen (secondary N) is 2. The number of nitrogens with zero attached hydrogens (tertiary/aromatic N) is 1.